The van der Waals surface area contributed by atoms with E-state index in [9.17, 15) is 14.4 Å². The zero-order chi connectivity index (χ0) is 21.7. The lowest BCUT2D eigenvalue weighted by Crippen LogP contribution is -2.33. The second-order valence-corrected chi connectivity index (χ2v) is 7.37. The van der Waals surface area contributed by atoms with E-state index in [4.69, 9.17) is 11.6 Å². The first-order valence-corrected chi connectivity index (χ1v) is 10.1. The summed E-state index contributed by atoms with van der Waals surface area (Å²) in [6.45, 7) is 4.00. The molecule has 2 N–H and O–H groups in total. The Balaban J connectivity index is 1.75. The molecule has 0 saturated carbocycles. The first kappa shape index (κ1) is 21.5. The number of ketones is 1. The largest absolute Gasteiger partial charge is 0.352 e. The van der Waals surface area contributed by atoms with E-state index in [1.165, 1.54) is 13.0 Å². The molecule has 0 spiro atoms. The Hall–Kier alpha value is -3.19. The molecule has 0 aromatic heterocycles. The van der Waals surface area contributed by atoms with Gasteiger partial charge in [-0.25, -0.2) is 0 Å². The third-order valence-electron chi connectivity index (χ3n) is 4.67. The van der Waals surface area contributed by atoms with E-state index >= 15 is 0 Å². The molecule has 2 aromatic carbocycles. The Morgan fingerprint density at radius 3 is 2.50 bits per heavy atom. The smallest absolute Gasteiger partial charge is 0.271 e. The highest BCUT2D eigenvalue weighted by molar-refractivity contribution is 6.44. The normalized spacial score (nSPS) is 15.5. The molecule has 0 bridgehead atoms. The van der Waals surface area contributed by atoms with E-state index < -0.39 is 11.9 Å². The van der Waals surface area contributed by atoms with Crippen molar-refractivity contribution >= 4 is 46.3 Å². The average Bonchev–Trinajstić information content (AvgIpc) is 3.19. The molecule has 2 aromatic rings. The monoisotopic (exact) mass is 426 g/mol. The first-order valence-electron chi connectivity index (χ1n) is 9.72. The Morgan fingerprint density at radius 2 is 1.87 bits per heavy atom. The molecule has 0 radical (unpaired) electrons. The Kier molecular flexibility index (Phi) is 6.84. The van der Waals surface area contributed by atoms with Crippen LogP contribution >= 0.6 is 11.6 Å². The van der Waals surface area contributed by atoms with Gasteiger partial charge in [0.05, 0.1) is 16.3 Å². The van der Waals surface area contributed by atoms with E-state index in [1.807, 2.05) is 37.3 Å². The van der Waals surface area contributed by atoms with Crippen molar-refractivity contribution in [2.45, 2.75) is 32.7 Å². The van der Waals surface area contributed by atoms with Gasteiger partial charge in [-0.1, -0.05) is 36.7 Å². The van der Waals surface area contributed by atoms with E-state index in [2.05, 4.69) is 15.7 Å². The van der Waals surface area contributed by atoms with Gasteiger partial charge in [0, 0.05) is 18.7 Å². The molecule has 1 unspecified atom stereocenters. The molecule has 30 heavy (non-hydrogen) atoms. The number of para-hydroxylation sites is 1. The van der Waals surface area contributed by atoms with Gasteiger partial charge in [0.1, 0.15) is 11.8 Å². The number of Topliss-reactive ketones (excluding diaryl/α,β-unsaturated/α-hetero) is 1. The number of hydrogen-bond acceptors (Lipinski definition) is 5. The van der Waals surface area contributed by atoms with Crippen LogP contribution in [0.1, 0.15) is 37.0 Å². The van der Waals surface area contributed by atoms with Gasteiger partial charge in [0.15, 0.2) is 5.78 Å². The molecule has 0 saturated heterocycles. The number of hydrazone groups is 1. The molecule has 2 amide bonds. The van der Waals surface area contributed by atoms with Crippen LogP contribution in [0.25, 0.3) is 0 Å². The van der Waals surface area contributed by atoms with E-state index in [-0.39, 0.29) is 28.8 Å². The number of hydrogen-bond donors (Lipinski definition) is 2. The number of anilines is 2. The van der Waals surface area contributed by atoms with Crippen molar-refractivity contribution in [3.63, 3.8) is 0 Å². The fraction of sp³-hybridized carbons (Fsp3) is 0.273. The zero-order valence-corrected chi connectivity index (χ0v) is 17.6. The van der Waals surface area contributed by atoms with Gasteiger partial charge in [-0.3, -0.25) is 19.4 Å². The molecular weight excluding hydrogens is 404 g/mol. The number of carbonyl (C=O) groups excluding carboxylic acids is 3. The summed E-state index contributed by atoms with van der Waals surface area (Å²) in [6.07, 6.45) is 1.03. The van der Waals surface area contributed by atoms with Crippen molar-refractivity contribution < 1.29 is 14.4 Å². The highest BCUT2D eigenvalue weighted by Gasteiger charge is 2.34. The molecule has 156 valence electrons. The van der Waals surface area contributed by atoms with Crippen LogP contribution in [0.2, 0.25) is 5.02 Å². The number of amides is 2. The molecule has 1 aliphatic rings. The van der Waals surface area contributed by atoms with E-state index in [1.54, 1.807) is 17.1 Å². The van der Waals surface area contributed by atoms with Crippen LogP contribution in [0.4, 0.5) is 11.4 Å². The average molecular weight is 427 g/mol. The summed E-state index contributed by atoms with van der Waals surface area (Å²) in [5.74, 6) is -0.752. The quantitative estimate of drug-likeness (QED) is 0.707. The predicted octanol–water partition coefficient (Wildman–Crippen LogP) is 3.64. The van der Waals surface area contributed by atoms with Gasteiger partial charge in [-0.15, -0.1) is 0 Å². The second kappa shape index (κ2) is 9.54. The van der Waals surface area contributed by atoms with Crippen molar-refractivity contribution in [2.24, 2.45) is 5.10 Å². The SMILES string of the molecule is CCCNC(=O)c1ccc(NC(=O)C2=NN(c3ccccc3)C(C(C)=O)C2)cc1Cl. The molecule has 3 rings (SSSR count). The fourth-order valence-electron chi connectivity index (χ4n) is 3.10. The summed E-state index contributed by atoms with van der Waals surface area (Å²) in [6, 6.07) is 13.4. The summed E-state index contributed by atoms with van der Waals surface area (Å²) >= 11 is 6.22. The third kappa shape index (κ3) is 4.86. The van der Waals surface area contributed by atoms with Gasteiger partial charge < -0.3 is 10.6 Å². The van der Waals surface area contributed by atoms with Crippen LogP contribution in [0, 0.1) is 0 Å². The van der Waals surface area contributed by atoms with Gasteiger partial charge >= 0.3 is 0 Å². The topological polar surface area (TPSA) is 90.9 Å². The predicted molar refractivity (Wildman–Crippen MR) is 118 cm³/mol. The number of benzene rings is 2. The molecule has 1 atom stereocenters. The first-order chi connectivity index (χ1) is 14.4. The molecule has 7 nitrogen and oxygen atoms in total. The zero-order valence-electron chi connectivity index (χ0n) is 16.8. The minimum Gasteiger partial charge on any atom is -0.352 e. The van der Waals surface area contributed by atoms with Crippen LogP contribution in [0.3, 0.4) is 0 Å². The van der Waals surface area contributed by atoms with Crippen LogP contribution in [-0.2, 0) is 9.59 Å². The minimum atomic E-state index is -0.527. The number of carbonyl (C=O) groups is 3. The number of nitrogens with one attached hydrogen (secondary N) is 2. The van der Waals surface area contributed by atoms with Crippen molar-refractivity contribution in [1.82, 2.24) is 5.32 Å². The van der Waals surface area contributed by atoms with Crippen molar-refractivity contribution in [1.29, 1.82) is 0 Å². The van der Waals surface area contributed by atoms with Crippen LogP contribution < -0.4 is 15.6 Å². The number of nitrogens with zero attached hydrogens (tertiary/aromatic N) is 2. The van der Waals surface area contributed by atoms with Gasteiger partial charge in [-0.05, 0) is 43.7 Å². The Labute approximate surface area is 180 Å². The van der Waals surface area contributed by atoms with Gasteiger partial charge in [0.2, 0.25) is 0 Å². The maximum atomic E-state index is 12.7. The van der Waals surface area contributed by atoms with Gasteiger partial charge in [0.25, 0.3) is 11.8 Å². The highest BCUT2D eigenvalue weighted by Crippen LogP contribution is 2.26. The third-order valence-corrected chi connectivity index (χ3v) is 4.98. The minimum absolute atomic E-state index is 0.0732. The second-order valence-electron chi connectivity index (χ2n) is 6.96. The fourth-order valence-corrected chi connectivity index (χ4v) is 3.36. The highest BCUT2D eigenvalue weighted by atomic mass is 35.5. The number of rotatable bonds is 7. The molecule has 8 heteroatoms. The molecule has 0 aliphatic carbocycles. The lowest BCUT2D eigenvalue weighted by molar-refractivity contribution is -0.118. The maximum Gasteiger partial charge on any atom is 0.271 e. The standard InChI is InChI=1S/C22H23ClN4O3/c1-3-11-24-21(29)17-10-9-15(12-18(17)23)25-22(30)19-13-20(14(2)28)27(26-19)16-7-5-4-6-8-16/h4-10,12,20H,3,11,13H2,1-2H3,(H,24,29)(H,25,30). The van der Waals surface area contributed by atoms with Crippen molar-refractivity contribution in [2.75, 3.05) is 16.9 Å². The van der Waals surface area contributed by atoms with Crippen molar-refractivity contribution in [3.8, 4) is 0 Å². The Morgan fingerprint density at radius 1 is 1.13 bits per heavy atom. The molecule has 1 heterocycles. The Bertz CT molecular complexity index is 991. The summed E-state index contributed by atoms with van der Waals surface area (Å²) < 4.78 is 0. The van der Waals surface area contributed by atoms with Crippen LogP contribution in [0.5, 0.6) is 0 Å². The van der Waals surface area contributed by atoms with Crippen LogP contribution in [0.15, 0.2) is 53.6 Å². The van der Waals surface area contributed by atoms with Gasteiger partial charge in [-0.2, -0.15) is 5.10 Å². The summed E-state index contributed by atoms with van der Waals surface area (Å²) in [7, 11) is 0. The molecule has 0 fully saturated rings. The lowest BCUT2D eigenvalue weighted by atomic mass is 10.1. The number of halogens is 1. The van der Waals surface area contributed by atoms with Crippen LogP contribution in [-0.4, -0.2) is 35.9 Å². The lowest BCUT2D eigenvalue weighted by Gasteiger charge is -2.20. The maximum absolute atomic E-state index is 12.7. The molecule has 1 aliphatic heterocycles. The van der Waals surface area contributed by atoms with Crippen molar-refractivity contribution in [3.05, 3.63) is 59.1 Å². The molecular formula is C22H23ClN4O3. The van der Waals surface area contributed by atoms with E-state index in [0.29, 0.717) is 17.8 Å². The summed E-state index contributed by atoms with van der Waals surface area (Å²) in [5, 5.41) is 11.7. The summed E-state index contributed by atoms with van der Waals surface area (Å²) in [4.78, 5) is 36.9. The summed E-state index contributed by atoms with van der Waals surface area (Å²) in [5.41, 5.74) is 1.77. The van der Waals surface area contributed by atoms with E-state index in [0.717, 1.165) is 12.1 Å².